The van der Waals surface area contributed by atoms with Crippen molar-refractivity contribution in [2.24, 2.45) is 21.1 Å². The monoisotopic (exact) mass is 810 g/mol. The molecule has 0 aromatic heterocycles. The molecule has 0 saturated carbocycles. The molecule has 316 valence electrons. The van der Waals surface area contributed by atoms with Crippen LogP contribution in [0.5, 0.6) is 11.5 Å². The lowest BCUT2D eigenvalue weighted by Crippen LogP contribution is -2.45. The molecule has 2 aliphatic heterocycles. The molecule has 7 rings (SSSR count). The summed E-state index contributed by atoms with van der Waals surface area (Å²) in [6.45, 7) is 12.6. The molecule has 0 unspecified atom stereocenters. The number of rotatable bonds is 24. The molecule has 0 amide bonds. The van der Waals surface area contributed by atoms with Crippen molar-refractivity contribution < 1.29 is 28.4 Å². The van der Waals surface area contributed by atoms with Crippen LogP contribution >= 0.6 is 0 Å². The third-order valence-electron chi connectivity index (χ3n) is 12.0. The second-order valence-corrected chi connectivity index (χ2v) is 16.7. The lowest BCUT2D eigenvalue weighted by Gasteiger charge is -2.40. The van der Waals surface area contributed by atoms with E-state index < -0.39 is 0 Å². The molecule has 2 saturated heterocycles. The predicted octanol–water partition coefficient (Wildman–Crippen LogP) is 12.5. The number of azo groups is 1. The van der Waals surface area contributed by atoms with Crippen LogP contribution in [0.3, 0.4) is 0 Å². The Hall–Kier alpha value is -4.78. The fourth-order valence-electron chi connectivity index (χ4n) is 7.46. The van der Waals surface area contributed by atoms with E-state index in [-0.39, 0.29) is 10.8 Å². The van der Waals surface area contributed by atoms with Gasteiger partial charge in [-0.15, -0.1) is 0 Å². The van der Waals surface area contributed by atoms with E-state index in [1.54, 1.807) is 0 Å². The Morgan fingerprint density at radius 1 is 0.467 bits per heavy atom. The van der Waals surface area contributed by atoms with Crippen LogP contribution in [0.2, 0.25) is 0 Å². The van der Waals surface area contributed by atoms with Crippen molar-refractivity contribution >= 4 is 11.4 Å². The van der Waals surface area contributed by atoms with E-state index in [0.717, 1.165) is 180 Å². The summed E-state index contributed by atoms with van der Waals surface area (Å²) in [5.74, 6) is 8.47. The van der Waals surface area contributed by atoms with Gasteiger partial charge in [0.1, 0.15) is 11.5 Å². The zero-order valence-corrected chi connectivity index (χ0v) is 35.7. The zero-order valence-electron chi connectivity index (χ0n) is 35.7. The van der Waals surface area contributed by atoms with Gasteiger partial charge in [-0.1, -0.05) is 62.8 Å². The maximum Gasteiger partial charge on any atom is 0.120 e. The standard InChI is InChI=1S/C52H62N2O6/c1-3-51(37-57-38-51)35-55-27-9-5-7-11-29-59-49-25-23-47(24-26-49)53-54-48-31-43-19-15-41(16-20-44(43)32-48)13-14-42-17-21-45-33-50(34-46(45)22-18-42)60-30-12-8-6-10-28-56-36-52(4-2)39-58-40-52/h15-26,31-34H,3-12,27-30,35-40H2,1-2H3. The van der Waals surface area contributed by atoms with E-state index in [0.29, 0.717) is 6.61 Å². The van der Waals surface area contributed by atoms with E-state index in [9.17, 15) is 0 Å². The van der Waals surface area contributed by atoms with Crippen LogP contribution in [-0.4, -0.2) is 66.1 Å². The Bertz CT molecular complexity index is 2020. The van der Waals surface area contributed by atoms with Gasteiger partial charge >= 0.3 is 0 Å². The van der Waals surface area contributed by atoms with Crippen LogP contribution in [0.1, 0.15) is 89.2 Å². The number of hydrogen-bond acceptors (Lipinski definition) is 8. The highest BCUT2D eigenvalue weighted by Gasteiger charge is 2.37. The molecule has 0 atom stereocenters. The van der Waals surface area contributed by atoms with Gasteiger partial charge in [0.2, 0.25) is 0 Å². The maximum atomic E-state index is 6.09. The molecule has 0 N–H and O–H groups in total. The van der Waals surface area contributed by atoms with Crippen molar-refractivity contribution in [3.8, 4) is 45.6 Å². The van der Waals surface area contributed by atoms with Gasteiger partial charge in [-0.25, -0.2) is 0 Å². The quantitative estimate of drug-likeness (QED) is 0.0351. The second-order valence-electron chi connectivity index (χ2n) is 16.7. The van der Waals surface area contributed by atoms with Gasteiger partial charge in [0, 0.05) is 35.2 Å². The van der Waals surface area contributed by atoms with Crippen molar-refractivity contribution in [1.29, 1.82) is 0 Å². The summed E-state index contributed by atoms with van der Waals surface area (Å²) in [6, 6.07) is 32.8. The molecule has 4 aliphatic carbocycles. The average Bonchev–Trinajstić information content (AvgIpc) is 3.70. The lowest BCUT2D eigenvalue weighted by atomic mass is 9.84. The molecule has 2 fully saturated rings. The smallest absolute Gasteiger partial charge is 0.120 e. The summed E-state index contributed by atoms with van der Waals surface area (Å²) in [4.78, 5) is 0. The molecule has 8 nitrogen and oxygen atoms in total. The van der Waals surface area contributed by atoms with Gasteiger partial charge in [0.05, 0.1) is 64.2 Å². The summed E-state index contributed by atoms with van der Waals surface area (Å²) in [5, 5.41) is 8.97. The van der Waals surface area contributed by atoms with Gasteiger partial charge in [-0.05, 0) is 146 Å². The predicted molar refractivity (Wildman–Crippen MR) is 239 cm³/mol. The average molecular weight is 811 g/mol. The van der Waals surface area contributed by atoms with Gasteiger partial charge in [-0.2, -0.15) is 10.2 Å². The van der Waals surface area contributed by atoms with Gasteiger partial charge in [-0.3, -0.25) is 0 Å². The summed E-state index contributed by atoms with van der Waals surface area (Å²) < 4.78 is 34.6. The summed E-state index contributed by atoms with van der Waals surface area (Å²) >= 11 is 0. The van der Waals surface area contributed by atoms with Crippen LogP contribution in [0.25, 0.3) is 22.3 Å². The Labute approximate surface area is 357 Å². The number of benzene rings is 1. The topological polar surface area (TPSA) is 80.1 Å². The molecule has 1 aromatic rings. The first kappa shape index (κ1) is 43.3. The first-order chi connectivity index (χ1) is 29.5. The summed E-state index contributed by atoms with van der Waals surface area (Å²) in [7, 11) is 0. The molecular weight excluding hydrogens is 749 g/mol. The molecule has 2 heterocycles. The highest BCUT2D eigenvalue weighted by molar-refractivity contribution is 5.74. The maximum absolute atomic E-state index is 6.09. The second kappa shape index (κ2) is 22.2. The molecule has 0 bridgehead atoms. The third kappa shape index (κ3) is 12.6. The Morgan fingerprint density at radius 2 is 0.883 bits per heavy atom. The van der Waals surface area contributed by atoms with E-state index in [2.05, 4.69) is 109 Å². The number of ether oxygens (including phenoxy) is 6. The van der Waals surface area contributed by atoms with Crippen LogP contribution in [0.4, 0.5) is 11.4 Å². The molecular formula is C52H62N2O6. The first-order valence-electron chi connectivity index (χ1n) is 22.2. The van der Waals surface area contributed by atoms with Crippen LogP contribution in [0, 0.1) is 22.7 Å². The van der Waals surface area contributed by atoms with Crippen molar-refractivity contribution in [3.05, 3.63) is 108 Å². The largest absolute Gasteiger partial charge is 0.494 e. The van der Waals surface area contributed by atoms with E-state index in [1.807, 2.05) is 24.3 Å². The van der Waals surface area contributed by atoms with Crippen molar-refractivity contribution in [2.45, 2.75) is 78.1 Å². The number of nitrogens with zero attached hydrogens (tertiary/aromatic N) is 2. The highest BCUT2D eigenvalue weighted by atomic mass is 16.5. The number of hydrogen-bond donors (Lipinski definition) is 0. The van der Waals surface area contributed by atoms with Gasteiger partial charge in [0.25, 0.3) is 0 Å². The highest BCUT2D eigenvalue weighted by Crippen LogP contribution is 2.34. The Balaban J connectivity index is 0.793. The van der Waals surface area contributed by atoms with E-state index >= 15 is 0 Å². The minimum Gasteiger partial charge on any atom is -0.494 e. The first-order valence-corrected chi connectivity index (χ1v) is 22.2. The zero-order chi connectivity index (χ0) is 41.3. The van der Waals surface area contributed by atoms with E-state index in [1.165, 1.54) is 0 Å². The normalized spacial score (nSPS) is 15.4. The SMILES string of the molecule is CCC1(COCCCCCCOc2ccc(N=Nc3cc4ccc(C#Cc5ccc6cc(OCCCCCCOCC7(CC)COC7)cc-6cc5)ccc-4c3)cc2)COC1. The Morgan fingerprint density at radius 3 is 1.32 bits per heavy atom. The van der Waals surface area contributed by atoms with Crippen LogP contribution in [-0.2, 0) is 18.9 Å². The minimum atomic E-state index is 0.273. The number of unbranched alkanes of at least 4 members (excludes halogenated alkanes) is 6. The number of fused-ring (bicyclic) bond motifs is 2. The van der Waals surface area contributed by atoms with Crippen LogP contribution in [0.15, 0.2) is 107 Å². The van der Waals surface area contributed by atoms with Gasteiger partial charge < -0.3 is 28.4 Å². The van der Waals surface area contributed by atoms with E-state index in [4.69, 9.17) is 28.4 Å². The molecule has 8 heteroatoms. The molecule has 6 aliphatic rings. The van der Waals surface area contributed by atoms with Crippen LogP contribution < -0.4 is 9.47 Å². The fraction of sp³-hybridized carbons (Fsp3) is 0.462. The molecule has 60 heavy (non-hydrogen) atoms. The van der Waals surface area contributed by atoms with Gasteiger partial charge in [0.15, 0.2) is 0 Å². The van der Waals surface area contributed by atoms with Crippen molar-refractivity contribution in [1.82, 2.24) is 0 Å². The summed E-state index contributed by atoms with van der Waals surface area (Å²) in [6.07, 6.45) is 11.1. The lowest BCUT2D eigenvalue weighted by molar-refractivity contribution is -0.150. The molecule has 0 radical (unpaired) electrons. The summed E-state index contributed by atoms with van der Waals surface area (Å²) in [5.41, 5.74) is 8.55. The molecule has 1 aromatic carbocycles. The van der Waals surface area contributed by atoms with Crippen molar-refractivity contribution in [2.75, 3.05) is 66.1 Å². The minimum absolute atomic E-state index is 0.273. The Kier molecular flexibility index (Phi) is 16.0. The fourth-order valence-corrected chi connectivity index (χ4v) is 7.46. The molecule has 0 spiro atoms. The third-order valence-corrected chi connectivity index (χ3v) is 12.0. The van der Waals surface area contributed by atoms with Crippen molar-refractivity contribution in [3.63, 3.8) is 0 Å².